The number of benzene rings is 2. The zero-order chi connectivity index (χ0) is 30.7. The highest BCUT2D eigenvalue weighted by Crippen LogP contribution is 2.35. The summed E-state index contributed by atoms with van der Waals surface area (Å²) in [4.78, 5) is 64.6. The number of ketones is 1. The Morgan fingerprint density at radius 3 is 2.26 bits per heavy atom. The second-order valence-corrected chi connectivity index (χ2v) is 10.7. The molecule has 2 aromatic carbocycles. The van der Waals surface area contributed by atoms with Crippen LogP contribution in [0.25, 0.3) is 21.8 Å². The number of rotatable bonds is 9. The standard InChI is InChI=1S/C32H34N4O7/c1-19(37)43-18-26(39)33-22-14-8-9-15-23(22)34-31(40)29-30(42-3)27-28(35(29)2)21-13-7-10-16-24(21)36(32(27)41)17-25(38)20-11-5-4-6-12-20/h4-7,10-13,16,22-23H,8-9,14-15,17-18H2,1-3H3,(H,33,39)(H,34,40)/t22-,23-/m1/s1. The molecule has 43 heavy (non-hydrogen) atoms. The molecule has 0 spiro atoms. The van der Waals surface area contributed by atoms with Crippen LogP contribution in [-0.2, 0) is 27.9 Å². The number of hydrogen-bond acceptors (Lipinski definition) is 7. The monoisotopic (exact) mass is 586 g/mol. The van der Waals surface area contributed by atoms with Gasteiger partial charge >= 0.3 is 5.97 Å². The highest BCUT2D eigenvalue weighted by Gasteiger charge is 2.32. The molecule has 2 heterocycles. The van der Waals surface area contributed by atoms with Gasteiger partial charge in [-0.3, -0.25) is 28.5 Å². The lowest BCUT2D eigenvalue weighted by Gasteiger charge is -2.32. The van der Waals surface area contributed by atoms with Crippen LogP contribution < -0.4 is 20.9 Å². The second kappa shape index (κ2) is 12.5. The lowest BCUT2D eigenvalue weighted by atomic mass is 9.90. The molecule has 2 N–H and O–H groups in total. The van der Waals surface area contributed by atoms with E-state index in [4.69, 9.17) is 9.47 Å². The Labute approximate surface area is 247 Å². The third kappa shape index (κ3) is 5.88. The fourth-order valence-corrected chi connectivity index (χ4v) is 5.92. The molecule has 1 fully saturated rings. The van der Waals surface area contributed by atoms with E-state index in [1.165, 1.54) is 18.6 Å². The van der Waals surface area contributed by atoms with E-state index >= 15 is 0 Å². The molecule has 0 bridgehead atoms. The Kier molecular flexibility index (Phi) is 8.61. The molecular weight excluding hydrogens is 552 g/mol. The number of ether oxygens (including phenoxy) is 2. The lowest BCUT2D eigenvalue weighted by Crippen LogP contribution is -2.54. The van der Waals surface area contributed by atoms with E-state index < -0.39 is 29.9 Å². The van der Waals surface area contributed by atoms with Gasteiger partial charge in [0.1, 0.15) is 5.39 Å². The predicted molar refractivity (Wildman–Crippen MR) is 160 cm³/mol. The first kappa shape index (κ1) is 29.6. The largest absolute Gasteiger partial charge is 0.493 e. The van der Waals surface area contributed by atoms with E-state index in [-0.39, 0.29) is 41.2 Å². The number of carbonyl (C=O) groups is 4. The fraction of sp³-hybridized carbons (Fsp3) is 0.344. The number of pyridine rings is 1. The Morgan fingerprint density at radius 1 is 0.930 bits per heavy atom. The van der Waals surface area contributed by atoms with E-state index in [1.54, 1.807) is 48.0 Å². The summed E-state index contributed by atoms with van der Waals surface area (Å²) in [6.45, 7) is 0.651. The van der Waals surface area contributed by atoms with Gasteiger partial charge in [0.15, 0.2) is 23.8 Å². The average molecular weight is 587 g/mol. The van der Waals surface area contributed by atoms with Gasteiger partial charge in [-0.15, -0.1) is 0 Å². The first-order valence-corrected chi connectivity index (χ1v) is 14.2. The maximum atomic E-state index is 14.1. The van der Waals surface area contributed by atoms with Crippen LogP contribution in [0.2, 0.25) is 0 Å². The first-order chi connectivity index (χ1) is 20.7. The molecule has 2 aromatic heterocycles. The summed E-state index contributed by atoms with van der Waals surface area (Å²) in [5.74, 6) is -1.57. The van der Waals surface area contributed by atoms with Crippen molar-refractivity contribution in [3.8, 4) is 5.75 Å². The minimum Gasteiger partial charge on any atom is -0.493 e. The van der Waals surface area contributed by atoms with Crippen molar-refractivity contribution in [3.63, 3.8) is 0 Å². The Morgan fingerprint density at radius 2 is 1.58 bits per heavy atom. The molecule has 5 rings (SSSR count). The molecular formula is C32H34N4O7. The summed E-state index contributed by atoms with van der Waals surface area (Å²) >= 11 is 0. The normalized spacial score (nSPS) is 16.5. The van der Waals surface area contributed by atoms with Gasteiger partial charge in [-0.1, -0.05) is 61.4 Å². The van der Waals surface area contributed by atoms with Crippen LogP contribution in [0.3, 0.4) is 0 Å². The predicted octanol–water partition coefficient (Wildman–Crippen LogP) is 3.11. The number of methoxy groups -OCH3 is 1. The van der Waals surface area contributed by atoms with Gasteiger partial charge in [-0.2, -0.15) is 0 Å². The van der Waals surface area contributed by atoms with Crippen molar-refractivity contribution < 1.29 is 28.7 Å². The zero-order valence-electron chi connectivity index (χ0n) is 24.3. The minimum absolute atomic E-state index is 0.109. The van der Waals surface area contributed by atoms with Gasteiger partial charge in [-0.25, -0.2) is 0 Å². The fourth-order valence-electron chi connectivity index (χ4n) is 5.92. The van der Waals surface area contributed by atoms with E-state index in [0.29, 0.717) is 34.8 Å². The number of amides is 2. The Hall–Kier alpha value is -4.93. The highest BCUT2D eigenvalue weighted by atomic mass is 16.5. The zero-order valence-corrected chi connectivity index (χ0v) is 24.3. The van der Waals surface area contributed by atoms with Crippen LogP contribution in [0, 0.1) is 0 Å². The molecule has 0 unspecified atom stereocenters. The summed E-state index contributed by atoms with van der Waals surface area (Å²) in [6, 6.07) is 15.3. The van der Waals surface area contributed by atoms with E-state index in [2.05, 4.69) is 10.6 Å². The van der Waals surface area contributed by atoms with Crippen molar-refractivity contribution in [2.45, 2.75) is 51.2 Å². The average Bonchev–Trinajstić information content (AvgIpc) is 3.31. The molecule has 1 saturated carbocycles. The maximum absolute atomic E-state index is 14.1. The Bertz CT molecular complexity index is 1770. The van der Waals surface area contributed by atoms with Gasteiger partial charge in [-0.05, 0) is 18.9 Å². The van der Waals surface area contributed by atoms with Crippen LogP contribution in [0.4, 0.5) is 0 Å². The number of nitrogens with zero attached hydrogens (tertiary/aromatic N) is 2. The van der Waals surface area contributed by atoms with Gasteiger partial charge in [0.25, 0.3) is 17.4 Å². The second-order valence-electron chi connectivity index (χ2n) is 10.7. The van der Waals surface area contributed by atoms with Gasteiger partial charge in [0.05, 0.1) is 24.7 Å². The maximum Gasteiger partial charge on any atom is 0.303 e. The molecule has 2 amide bonds. The summed E-state index contributed by atoms with van der Waals surface area (Å²) in [6.07, 6.45) is 3.01. The SMILES string of the molecule is COc1c(C(=O)N[C@@H]2CCCC[C@H]2NC(=O)COC(C)=O)n(C)c2c1c(=O)n(CC(=O)c1ccccc1)c1ccccc21. The first-order valence-electron chi connectivity index (χ1n) is 14.2. The van der Waals surface area contributed by atoms with Crippen LogP contribution in [0.1, 0.15) is 53.5 Å². The smallest absolute Gasteiger partial charge is 0.303 e. The third-order valence-electron chi connectivity index (χ3n) is 7.91. The topological polar surface area (TPSA) is 138 Å². The quantitative estimate of drug-likeness (QED) is 0.227. The van der Waals surface area contributed by atoms with Crippen LogP contribution in [0.15, 0.2) is 59.4 Å². The molecule has 2 atom stereocenters. The van der Waals surface area contributed by atoms with Crippen molar-refractivity contribution in [3.05, 3.63) is 76.2 Å². The van der Waals surface area contributed by atoms with Crippen molar-refractivity contribution >= 4 is 45.4 Å². The van der Waals surface area contributed by atoms with Crippen LogP contribution in [-0.4, -0.2) is 58.5 Å². The van der Waals surface area contributed by atoms with E-state index in [9.17, 15) is 24.0 Å². The molecule has 4 aromatic rings. The summed E-state index contributed by atoms with van der Waals surface area (Å²) in [7, 11) is 3.10. The summed E-state index contributed by atoms with van der Waals surface area (Å²) < 4.78 is 13.6. The lowest BCUT2D eigenvalue weighted by molar-refractivity contribution is -0.146. The van der Waals surface area contributed by atoms with Crippen molar-refractivity contribution in [1.82, 2.24) is 19.8 Å². The molecule has 11 heteroatoms. The van der Waals surface area contributed by atoms with Crippen molar-refractivity contribution in [2.24, 2.45) is 7.05 Å². The molecule has 1 aliphatic carbocycles. The number of Topliss-reactive ketones (excluding diaryl/α,β-unsaturated/α-hetero) is 1. The van der Waals surface area contributed by atoms with Crippen molar-refractivity contribution in [1.29, 1.82) is 0 Å². The number of hydrogen-bond donors (Lipinski definition) is 2. The highest BCUT2D eigenvalue weighted by molar-refractivity contribution is 6.12. The van der Waals surface area contributed by atoms with Gasteiger partial charge < -0.3 is 24.7 Å². The van der Waals surface area contributed by atoms with E-state index in [0.717, 1.165) is 12.8 Å². The molecule has 1 aliphatic rings. The number of nitrogens with one attached hydrogen (secondary N) is 2. The number of fused-ring (bicyclic) bond motifs is 3. The van der Waals surface area contributed by atoms with Crippen molar-refractivity contribution in [2.75, 3.05) is 13.7 Å². The number of esters is 1. The number of carbonyl (C=O) groups excluding carboxylic acids is 4. The van der Waals surface area contributed by atoms with Crippen LogP contribution >= 0.6 is 0 Å². The number of aryl methyl sites for hydroxylation is 1. The molecule has 11 nitrogen and oxygen atoms in total. The van der Waals surface area contributed by atoms with Crippen LogP contribution in [0.5, 0.6) is 5.75 Å². The molecule has 0 radical (unpaired) electrons. The number of para-hydroxylation sites is 1. The van der Waals surface area contributed by atoms with Gasteiger partial charge in [0, 0.05) is 37.0 Å². The van der Waals surface area contributed by atoms with E-state index in [1.807, 2.05) is 18.2 Å². The number of aromatic nitrogens is 2. The molecule has 0 saturated heterocycles. The van der Waals surface area contributed by atoms with Gasteiger partial charge in [0.2, 0.25) is 0 Å². The summed E-state index contributed by atoms with van der Waals surface area (Å²) in [5, 5.41) is 6.80. The minimum atomic E-state index is -0.553. The molecule has 0 aliphatic heterocycles. The summed E-state index contributed by atoms with van der Waals surface area (Å²) in [5.41, 5.74) is 1.27. The Balaban J connectivity index is 1.53. The third-order valence-corrected chi connectivity index (χ3v) is 7.91. The molecule has 224 valence electrons.